The van der Waals surface area contributed by atoms with Gasteiger partial charge in [0.15, 0.2) is 0 Å². The molecule has 0 fully saturated rings. The van der Waals surface area contributed by atoms with E-state index in [0.717, 1.165) is 16.8 Å². The van der Waals surface area contributed by atoms with Crippen molar-refractivity contribution in [1.29, 1.82) is 0 Å². The normalized spacial score (nSPS) is 11.2. The lowest BCUT2D eigenvalue weighted by molar-refractivity contribution is 0.102. The third kappa shape index (κ3) is 4.36. The summed E-state index contributed by atoms with van der Waals surface area (Å²) in [6.45, 7) is 7.56. The van der Waals surface area contributed by atoms with Crippen LogP contribution < -0.4 is 9.62 Å². The number of benzene rings is 2. The van der Waals surface area contributed by atoms with Gasteiger partial charge in [0.1, 0.15) is 0 Å². The van der Waals surface area contributed by atoms with E-state index >= 15 is 0 Å². The van der Waals surface area contributed by atoms with Gasteiger partial charge < -0.3 is 5.32 Å². The monoisotopic (exact) mass is 423 g/mol. The Bertz CT molecular complexity index is 1180. The third-order valence-corrected chi connectivity index (χ3v) is 6.70. The van der Waals surface area contributed by atoms with Gasteiger partial charge in [0.25, 0.3) is 15.9 Å². The molecule has 0 atom stereocenters. The first-order chi connectivity index (χ1) is 14.1. The Hall–Kier alpha value is -3.19. The molecule has 3 aromatic rings. The lowest BCUT2D eigenvalue weighted by Gasteiger charge is -2.20. The van der Waals surface area contributed by atoms with Gasteiger partial charge >= 0.3 is 0 Å². The average Bonchev–Trinajstić information content (AvgIpc) is 2.70. The molecule has 7 heteroatoms. The standard InChI is InChI=1S/C23H25N3O3S/c1-15-9-11-20(12-10-15)26(5)30(28,29)21-8-6-7-19(14-21)23(27)25-22-16(2)13-17(3)24-18(22)4/h6-14H,1-5H3,(H,25,27). The molecule has 1 aromatic heterocycles. The number of aryl methyl sites for hydroxylation is 4. The first-order valence-corrected chi connectivity index (χ1v) is 11.0. The fourth-order valence-electron chi connectivity index (χ4n) is 3.25. The number of anilines is 2. The van der Waals surface area contributed by atoms with Crippen LogP contribution in [0.2, 0.25) is 0 Å². The van der Waals surface area contributed by atoms with E-state index in [4.69, 9.17) is 0 Å². The molecule has 0 saturated heterocycles. The molecular formula is C23H25N3O3S. The van der Waals surface area contributed by atoms with Crippen LogP contribution in [0, 0.1) is 27.7 Å². The van der Waals surface area contributed by atoms with Crippen molar-refractivity contribution in [2.75, 3.05) is 16.7 Å². The lowest BCUT2D eigenvalue weighted by atomic mass is 10.1. The summed E-state index contributed by atoms with van der Waals surface area (Å²) in [6, 6.07) is 15.1. The Balaban J connectivity index is 1.90. The highest BCUT2D eigenvalue weighted by Crippen LogP contribution is 2.24. The van der Waals surface area contributed by atoms with Crippen molar-refractivity contribution < 1.29 is 13.2 Å². The van der Waals surface area contributed by atoms with Crippen LogP contribution in [0.15, 0.2) is 59.5 Å². The molecule has 0 aliphatic carbocycles. The second-order valence-corrected chi connectivity index (χ2v) is 9.30. The number of hydrogen-bond acceptors (Lipinski definition) is 4. The Morgan fingerprint density at radius 1 is 0.967 bits per heavy atom. The van der Waals surface area contributed by atoms with Gasteiger partial charge in [0.05, 0.1) is 22.0 Å². The van der Waals surface area contributed by atoms with Gasteiger partial charge in [-0.15, -0.1) is 0 Å². The number of carbonyl (C=O) groups is 1. The van der Waals surface area contributed by atoms with Crippen LogP contribution in [0.5, 0.6) is 0 Å². The van der Waals surface area contributed by atoms with E-state index in [0.29, 0.717) is 17.1 Å². The Morgan fingerprint density at radius 2 is 1.63 bits per heavy atom. The smallest absolute Gasteiger partial charge is 0.264 e. The van der Waals surface area contributed by atoms with Gasteiger partial charge in [-0.3, -0.25) is 14.1 Å². The fraction of sp³-hybridized carbons (Fsp3) is 0.217. The molecule has 1 amide bonds. The number of hydrogen-bond donors (Lipinski definition) is 1. The number of nitrogens with one attached hydrogen (secondary N) is 1. The number of pyridine rings is 1. The van der Waals surface area contributed by atoms with Gasteiger partial charge in [-0.25, -0.2) is 8.42 Å². The molecule has 0 radical (unpaired) electrons. The first-order valence-electron chi connectivity index (χ1n) is 9.51. The number of rotatable bonds is 5. The van der Waals surface area contributed by atoms with E-state index in [2.05, 4.69) is 10.3 Å². The van der Waals surface area contributed by atoms with Crippen LogP contribution in [0.3, 0.4) is 0 Å². The maximum Gasteiger partial charge on any atom is 0.264 e. The minimum atomic E-state index is -3.81. The molecule has 0 unspecified atom stereocenters. The zero-order chi connectivity index (χ0) is 22.1. The summed E-state index contributed by atoms with van der Waals surface area (Å²) in [5, 5.41) is 2.86. The molecule has 3 rings (SSSR count). The molecule has 0 aliphatic heterocycles. The minimum Gasteiger partial charge on any atom is -0.320 e. The summed E-state index contributed by atoms with van der Waals surface area (Å²) in [6.07, 6.45) is 0. The fourth-order valence-corrected chi connectivity index (χ4v) is 4.49. The van der Waals surface area contributed by atoms with E-state index < -0.39 is 10.0 Å². The van der Waals surface area contributed by atoms with Crippen molar-refractivity contribution in [3.63, 3.8) is 0 Å². The van der Waals surface area contributed by atoms with Gasteiger partial charge in [-0.1, -0.05) is 23.8 Å². The average molecular weight is 424 g/mol. The summed E-state index contributed by atoms with van der Waals surface area (Å²) in [5.74, 6) is -0.387. The minimum absolute atomic E-state index is 0.0497. The predicted molar refractivity (Wildman–Crippen MR) is 120 cm³/mol. The maximum atomic E-state index is 13.1. The highest BCUT2D eigenvalue weighted by atomic mass is 32.2. The summed E-state index contributed by atoms with van der Waals surface area (Å²) < 4.78 is 27.4. The van der Waals surface area contributed by atoms with Crippen LogP contribution in [-0.2, 0) is 10.0 Å². The van der Waals surface area contributed by atoms with E-state index in [9.17, 15) is 13.2 Å². The van der Waals surface area contributed by atoms with Gasteiger partial charge in [-0.05, 0) is 69.7 Å². The van der Waals surface area contributed by atoms with Gasteiger partial charge in [-0.2, -0.15) is 0 Å². The van der Waals surface area contributed by atoms with E-state index in [1.807, 2.05) is 45.9 Å². The molecule has 1 heterocycles. The highest BCUT2D eigenvalue weighted by Gasteiger charge is 2.22. The first kappa shape index (κ1) is 21.5. The van der Waals surface area contributed by atoms with Gasteiger partial charge in [0, 0.05) is 18.3 Å². The van der Waals surface area contributed by atoms with Crippen LogP contribution in [-0.4, -0.2) is 26.4 Å². The Kier molecular flexibility index (Phi) is 5.94. The van der Waals surface area contributed by atoms with Crippen molar-refractivity contribution in [3.8, 4) is 0 Å². The topological polar surface area (TPSA) is 79.4 Å². The third-order valence-electron chi connectivity index (χ3n) is 4.92. The molecule has 6 nitrogen and oxygen atoms in total. The summed E-state index contributed by atoms with van der Waals surface area (Å²) in [7, 11) is -2.32. The van der Waals surface area contributed by atoms with Crippen LogP contribution >= 0.6 is 0 Å². The summed E-state index contributed by atoms with van der Waals surface area (Å²) >= 11 is 0. The number of carbonyl (C=O) groups excluding carboxylic acids is 1. The largest absolute Gasteiger partial charge is 0.320 e. The molecule has 0 spiro atoms. The summed E-state index contributed by atoms with van der Waals surface area (Å²) in [4.78, 5) is 17.2. The second-order valence-electron chi connectivity index (χ2n) is 7.33. The number of sulfonamides is 1. The van der Waals surface area contributed by atoms with Crippen molar-refractivity contribution in [2.24, 2.45) is 0 Å². The van der Waals surface area contributed by atoms with E-state index in [-0.39, 0.29) is 16.4 Å². The van der Waals surface area contributed by atoms with Crippen molar-refractivity contribution in [3.05, 3.63) is 82.7 Å². The van der Waals surface area contributed by atoms with E-state index in [1.54, 1.807) is 24.3 Å². The molecule has 0 bridgehead atoms. The predicted octanol–water partition coefficient (Wildman–Crippen LogP) is 4.39. The quantitative estimate of drug-likeness (QED) is 0.660. The van der Waals surface area contributed by atoms with Crippen molar-refractivity contribution >= 4 is 27.3 Å². The van der Waals surface area contributed by atoms with Gasteiger partial charge in [0.2, 0.25) is 0 Å². The van der Waals surface area contributed by atoms with Crippen molar-refractivity contribution in [2.45, 2.75) is 32.6 Å². The number of aromatic nitrogens is 1. The maximum absolute atomic E-state index is 13.1. The molecule has 0 aliphatic rings. The molecule has 30 heavy (non-hydrogen) atoms. The van der Waals surface area contributed by atoms with Crippen LogP contribution in [0.4, 0.5) is 11.4 Å². The Morgan fingerprint density at radius 3 is 2.27 bits per heavy atom. The van der Waals surface area contributed by atoms with Crippen LogP contribution in [0.25, 0.3) is 0 Å². The Labute approximate surface area is 177 Å². The number of nitrogens with zero attached hydrogens (tertiary/aromatic N) is 2. The van der Waals surface area contributed by atoms with E-state index in [1.165, 1.54) is 23.5 Å². The SMILES string of the molecule is Cc1ccc(N(C)S(=O)(=O)c2cccc(C(=O)Nc3c(C)cc(C)nc3C)c2)cc1. The zero-order valence-corrected chi connectivity index (χ0v) is 18.5. The molecule has 156 valence electrons. The molecular weight excluding hydrogens is 398 g/mol. The molecule has 2 aromatic carbocycles. The molecule has 1 N–H and O–H groups in total. The second kappa shape index (κ2) is 8.28. The lowest BCUT2D eigenvalue weighted by Crippen LogP contribution is -2.27. The summed E-state index contributed by atoms with van der Waals surface area (Å²) in [5.41, 5.74) is 4.96. The van der Waals surface area contributed by atoms with Crippen molar-refractivity contribution in [1.82, 2.24) is 4.98 Å². The zero-order valence-electron chi connectivity index (χ0n) is 17.7. The molecule has 0 saturated carbocycles. The highest BCUT2D eigenvalue weighted by molar-refractivity contribution is 7.92. The number of amides is 1. The van der Waals surface area contributed by atoms with Crippen LogP contribution in [0.1, 0.15) is 32.9 Å².